The minimum atomic E-state index is 0.939. The van der Waals surface area contributed by atoms with Crippen LogP contribution in [0.25, 0.3) is 69.0 Å². The Balaban J connectivity index is 1.21. The molecule has 1 aliphatic carbocycles. The van der Waals surface area contributed by atoms with E-state index in [0.29, 0.717) is 0 Å². The van der Waals surface area contributed by atoms with Crippen LogP contribution in [0.1, 0.15) is 16.9 Å². The van der Waals surface area contributed by atoms with E-state index in [9.17, 15) is 0 Å². The van der Waals surface area contributed by atoms with Gasteiger partial charge in [-0.05, 0) is 95.9 Å². The number of benzene rings is 6. The molecule has 0 saturated carbocycles. The van der Waals surface area contributed by atoms with Crippen molar-refractivity contribution < 1.29 is 4.42 Å². The first-order valence-electron chi connectivity index (χ1n) is 15.1. The fourth-order valence-corrected chi connectivity index (χ4v) is 9.34. The van der Waals surface area contributed by atoms with Gasteiger partial charge in [-0.1, -0.05) is 60.7 Å². The van der Waals surface area contributed by atoms with Crippen LogP contribution in [-0.2, 0) is 6.42 Å². The van der Waals surface area contributed by atoms with Gasteiger partial charge < -0.3 is 9.32 Å². The molecular formula is C40H25NOS2. The molecule has 208 valence electrons. The maximum atomic E-state index is 6.69. The molecule has 0 spiro atoms. The number of hydrogen-bond acceptors (Lipinski definition) is 4. The fraction of sp³-hybridized carbons (Fsp3) is 0.0500. The zero-order chi connectivity index (χ0) is 28.8. The van der Waals surface area contributed by atoms with Crippen LogP contribution in [-0.4, -0.2) is 0 Å². The largest absolute Gasteiger partial charge is 0.455 e. The third-order valence-electron chi connectivity index (χ3n) is 9.06. The smallest absolute Gasteiger partial charge is 0.144 e. The van der Waals surface area contributed by atoms with E-state index in [4.69, 9.17) is 4.42 Å². The van der Waals surface area contributed by atoms with Crippen LogP contribution in [0, 0.1) is 0 Å². The van der Waals surface area contributed by atoms with E-state index in [2.05, 4.69) is 132 Å². The predicted molar refractivity (Wildman–Crippen MR) is 192 cm³/mol. The van der Waals surface area contributed by atoms with Gasteiger partial charge >= 0.3 is 0 Å². The van der Waals surface area contributed by atoms with Crippen molar-refractivity contribution in [1.29, 1.82) is 0 Å². The summed E-state index contributed by atoms with van der Waals surface area (Å²) >= 11 is 3.78. The number of thiophene rings is 2. The second-order valence-corrected chi connectivity index (χ2v) is 13.8. The Morgan fingerprint density at radius 2 is 1.34 bits per heavy atom. The van der Waals surface area contributed by atoms with E-state index >= 15 is 0 Å². The van der Waals surface area contributed by atoms with Gasteiger partial charge in [-0.3, -0.25) is 0 Å². The second kappa shape index (κ2) is 9.30. The standard InChI is InChI=1S/C40H25NOS2/c1-2-10-26(11-3-1)41(28-14-16-30-29-12-6-7-13-35(29)44-38(30)23-28)27-15-18-36-33(22-27)39-37(43-36)19-17-31-32-20-24-8-4-5-9-25(24)21-34(32)42-40(31)39/h1-6,8-12,14-23H,7,13H2. The zero-order valence-electron chi connectivity index (χ0n) is 23.7. The number of hydrogen-bond donors (Lipinski definition) is 0. The monoisotopic (exact) mass is 599 g/mol. The van der Waals surface area contributed by atoms with Crippen molar-refractivity contribution in [3.8, 4) is 0 Å². The van der Waals surface area contributed by atoms with Crippen molar-refractivity contribution in [1.82, 2.24) is 0 Å². The maximum absolute atomic E-state index is 6.69. The van der Waals surface area contributed by atoms with Gasteiger partial charge in [0, 0.05) is 63.0 Å². The molecule has 0 radical (unpaired) electrons. The highest BCUT2D eigenvalue weighted by Crippen LogP contribution is 2.46. The number of aryl methyl sites for hydroxylation is 1. The Kier molecular flexibility index (Phi) is 5.18. The van der Waals surface area contributed by atoms with Gasteiger partial charge in [-0.25, -0.2) is 0 Å². The van der Waals surface area contributed by atoms with Crippen molar-refractivity contribution in [2.75, 3.05) is 4.90 Å². The van der Waals surface area contributed by atoms with Crippen LogP contribution < -0.4 is 4.90 Å². The molecule has 6 aromatic carbocycles. The van der Waals surface area contributed by atoms with Crippen molar-refractivity contribution >= 4 is 109 Å². The normalized spacial score (nSPS) is 13.2. The quantitative estimate of drug-likeness (QED) is 0.201. The first kappa shape index (κ1) is 24.5. The average molecular weight is 600 g/mol. The number of rotatable bonds is 3. The number of para-hydroxylation sites is 1. The number of allylic oxidation sites excluding steroid dienone is 1. The summed E-state index contributed by atoms with van der Waals surface area (Å²) in [6, 6.07) is 42.1. The molecule has 10 rings (SSSR count). The third kappa shape index (κ3) is 3.59. The molecule has 0 saturated heterocycles. The lowest BCUT2D eigenvalue weighted by atomic mass is 10.0. The summed E-state index contributed by atoms with van der Waals surface area (Å²) in [5, 5.41) is 8.57. The number of nitrogens with zero attached hydrogens (tertiary/aromatic N) is 1. The van der Waals surface area contributed by atoms with Crippen LogP contribution >= 0.6 is 22.7 Å². The van der Waals surface area contributed by atoms with Gasteiger partial charge in [0.1, 0.15) is 11.2 Å². The summed E-state index contributed by atoms with van der Waals surface area (Å²) in [5.41, 5.74) is 6.78. The van der Waals surface area contributed by atoms with Crippen molar-refractivity contribution in [3.05, 3.63) is 132 Å². The lowest BCUT2D eigenvalue weighted by Gasteiger charge is -2.25. The Morgan fingerprint density at radius 1 is 0.568 bits per heavy atom. The summed E-state index contributed by atoms with van der Waals surface area (Å²) in [5.74, 6) is 0. The second-order valence-electron chi connectivity index (χ2n) is 11.6. The van der Waals surface area contributed by atoms with E-state index in [1.54, 1.807) is 0 Å². The SMILES string of the molecule is C1=Cc2c(sc3cc(N(c4ccccc4)c4ccc5sc6ccc7c8cc9ccccc9cc8oc7c6c5c4)ccc23)CC1. The summed E-state index contributed by atoms with van der Waals surface area (Å²) in [4.78, 5) is 3.89. The molecular weight excluding hydrogens is 575 g/mol. The highest BCUT2D eigenvalue weighted by molar-refractivity contribution is 7.26. The molecule has 9 aromatic rings. The average Bonchev–Trinajstić information content (AvgIpc) is 3.74. The Morgan fingerprint density at radius 3 is 2.25 bits per heavy atom. The van der Waals surface area contributed by atoms with Crippen molar-refractivity contribution in [2.24, 2.45) is 0 Å². The Bertz CT molecular complexity index is 2620. The first-order valence-corrected chi connectivity index (χ1v) is 16.7. The summed E-state index contributed by atoms with van der Waals surface area (Å²) < 4.78 is 10.5. The molecule has 3 aromatic heterocycles. The van der Waals surface area contributed by atoms with Gasteiger partial charge in [0.25, 0.3) is 0 Å². The summed E-state index contributed by atoms with van der Waals surface area (Å²) in [6.07, 6.45) is 6.88. The molecule has 0 unspecified atom stereocenters. The highest BCUT2D eigenvalue weighted by Gasteiger charge is 2.20. The predicted octanol–water partition coefficient (Wildman–Crippen LogP) is 12.8. The van der Waals surface area contributed by atoms with Crippen LogP contribution in [0.2, 0.25) is 0 Å². The fourth-order valence-electron chi connectivity index (χ4n) is 7.01. The number of anilines is 3. The Labute approximate surface area is 261 Å². The van der Waals surface area contributed by atoms with Crippen LogP contribution in [0.3, 0.4) is 0 Å². The van der Waals surface area contributed by atoms with E-state index in [-0.39, 0.29) is 0 Å². The summed E-state index contributed by atoms with van der Waals surface area (Å²) in [7, 11) is 0. The maximum Gasteiger partial charge on any atom is 0.144 e. The van der Waals surface area contributed by atoms with E-state index < -0.39 is 0 Å². The third-order valence-corrected chi connectivity index (χ3v) is 11.4. The summed E-state index contributed by atoms with van der Waals surface area (Å²) in [6.45, 7) is 0. The molecule has 0 atom stereocenters. The highest BCUT2D eigenvalue weighted by atomic mass is 32.1. The zero-order valence-corrected chi connectivity index (χ0v) is 25.3. The van der Waals surface area contributed by atoms with Crippen molar-refractivity contribution in [3.63, 3.8) is 0 Å². The van der Waals surface area contributed by atoms with Crippen LogP contribution in [0.15, 0.2) is 126 Å². The molecule has 0 N–H and O–H groups in total. The molecule has 3 heterocycles. The molecule has 1 aliphatic rings. The van der Waals surface area contributed by atoms with Crippen LogP contribution in [0.4, 0.5) is 17.1 Å². The van der Waals surface area contributed by atoms with E-state index in [1.807, 2.05) is 22.7 Å². The molecule has 0 fully saturated rings. The first-order chi connectivity index (χ1) is 21.8. The number of furan rings is 1. The van der Waals surface area contributed by atoms with Crippen LogP contribution in [0.5, 0.6) is 0 Å². The lowest BCUT2D eigenvalue weighted by molar-refractivity contribution is 0.673. The molecule has 0 bridgehead atoms. The van der Waals surface area contributed by atoms with Gasteiger partial charge in [0.15, 0.2) is 0 Å². The Hall–Kier alpha value is -4.90. The van der Waals surface area contributed by atoms with E-state index in [1.165, 1.54) is 67.9 Å². The minimum absolute atomic E-state index is 0.939. The van der Waals surface area contributed by atoms with Gasteiger partial charge in [-0.2, -0.15) is 0 Å². The van der Waals surface area contributed by atoms with E-state index in [0.717, 1.165) is 35.4 Å². The molecule has 4 heteroatoms. The molecule has 44 heavy (non-hydrogen) atoms. The molecule has 0 amide bonds. The van der Waals surface area contributed by atoms with Gasteiger partial charge in [0.2, 0.25) is 0 Å². The van der Waals surface area contributed by atoms with Crippen molar-refractivity contribution in [2.45, 2.75) is 12.8 Å². The minimum Gasteiger partial charge on any atom is -0.455 e. The topological polar surface area (TPSA) is 16.4 Å². The molecule has 2 nitrogen and oxygen atoms in total. The lowest BCUT2D eigenvalue weighted by Crippen LogP contribution is -2.09. The van der Waals surface area contributed by atoms with Gasteiger partial charge in [-0.15, -0.1) is 22.7 Å². The van der Waals surface area contributed by atoms with Gasteiger partial charge in [0.05, 0.1) is 0 Å². The number of fused-ring (bicyclic) bond motifs is 11. The molecule has 0 aliphatic heterocycles.